The van der Waals surface area contributed by atoms with Gasteiger partial charge in [0.1, 0.15) is 6.61 Å². The fourth-order valence-electron chi connectivity index (χ4n) is 6.16. The predicted octanol–water partition coefficient (Wildman–Crippen LogP) is 12.4. The van der Waals surface area contributed by atoms with E-state index in [4.69, 9.17) is 9.47 Å². The van der Waals surface area contributed by atoms with Crippen LogP contribution in [-0.4, -0.2) is 36.4 Å². The lowest BCUT2D eigenvalue weighted by Gasteiger charge is -2.15. The Morgan fingerprint density at radius 1 is 0.435 bits per heavy atom. The summed E-state index contributed by atoms with van der Waals surface area (Å²) in [5, 5.41) is 9.55. The number of carbonyl (C=O) groups excluding carboxylic acids is 2. The second kappa shape index (κ2) is 35.2. The maximum Gasteiger partial charge on any atom is 0.306 e. The molecule has 0 aromatic heterocycles. The lowest BCUT2D eigenvalue weighted by atomic mass is 10.0. The maximum atomic E-state index is 12.1. The summed E-state index contributed by atoms with van der Waals surface area (Å²) in [6.07, 6.45) is 36.0. The molecule has 0 aliphatic carbocycles. The van der Waals surface area contributed by atoms with E-state index in [2.05, 4.69) is 27.7 Å². The Kier molecular flexibility index (Phi) is 34.4. The number of rotatable bonds is 36. The summed E-state index contributed by atoms with van der Waals surface area (Å²) >= 11 is 0. The van der Waals surface area contributed by atoms with Gasteiger partial charge >= 0.3 is 11.9 Å². The van der Waals surface area contributed by atoms with Gasteiger partial charge < -0.3 is 14.6 Å². The fraction of sp³-hybridized carbons (Fsp3) is 0.951. The van der Waals surface area contributed by atoms with Crippen molar-refractivity contribution in [2.45, 2.75) is 226 Å². The normalized spacial score (nSPS) is 12.2. The third kappa shape index (κ3) is 35.7. The molecule has 0 saturated heterocycles. The van der Waals surface area contributed by atoms with Crippen LogP contribution < -0.4 is 0 Å². The number of hydrogen-bond donors (Lipinski definition) is 1. The molecule has 0 rings (SSSR count). The number of aliphatic hydroxyl groups excluding tert-OH is 1. The summed E-state index contributed by atoms with van der Waals surface area (Å²) in [6, 6.07) is 0. The number of esters is 2. The molecule has 0 heterocycles. The molecule has 1 atom stereocenters. The number of hydrogen-bond acceptors (Lipinski definition) is 5. The number of aliphatic hydroxyl groups is 1. The Bertz CT molecular complexity index is 647. The van der Waals surface area contributed by atoms with Gasteiger partial charge in [-0.25, -0.2) is 0 Å². The molecular weight excluding hydrogens is 572 g/mol. The minimum Gasteiger partial charge on any atom is -0.462 e. The summed E-state index contributed by atoms with van der Waals surface area (Å²) in [7, 11) is 0. The van der Waals surface area contributed by atoms with Crippen molar-refractivity contribution in [1.82, 2.24) is 0 Å². The number of carbonyl (C=O) groups is 2. The monoisotopic (exact) mass is 653 g/mol. The molecule has 1 N–H and O–H groups in total. The summed E-state index contributed by atoms with van der Waals surface area (Å²) in [6.45, 7) is 8.85. The molecule has 0 aromatic carbocycles. The third-order valence-electron chi connectivity index (χ3n) is 9.26. The lowest BCUT2D eigenvalue weighted by Crippen LogP contribution is -2.28. The van der Waals surface area contributed by atoms with Gasteiger partial charge in [0, 0.05) is 12.8 Å². The van der Waals surface area contributed by atoms with Crippen LogP contribution in [0.5, 0.6) is 0 Å². The molecule has 0 radical (unpaired) electrons. The van der Waals surface area contributed by atoms with Crippen molar-refractivity contribution in [2.24, 2.45) is 11.8 Å². The van der Waals surface area contributed by atoms with Crippen molar-refractivity contribution in [3.63, 3.8) is 0 Å². The van der Waals surface area contributed by atoms with E-state index in [-0.39, 0.29) is 25.2 Å². The minimum atomic E-state index is -0.763. The van der Waals surface area contributed by atoms with Crippen molar-refractivity contribution >= 4 is 11.9 Å². The van der Waals surface area contributed by atoms with Gasteiger partial charge in [-0.15, -0.1) is 0 Å². The van der Waals surface area contributed by atoms with E-state index in [1.165, 1.54) is 148 Å². The van der Waals surface area contributed by atoms with Gasteiger partial charge in [0.05, 0.1) is 6.61 Å². The molecule has 0 spiro atoms. The fourth-order valence-corrected chi connectivity index (χ4v) is 6.16. The highest BCUT2D eigenvalue weighted by Crippen LogP contribution is 2.16. The molecule has 0 amide bonds. The van der Waals surface area contributed by atoms with Crippen LogP contribution in [0.2, 0.25) is 0 Å². The lowest BCUT2D eigenvalue weighted by molar-refractivity contribution is -0.161. The highest BCUT2D eigenvalue weighted by atomic mass is 16.6. The largest absolute Gasteiger partial charge is 0.462 e. The molecule has 0 saturated carbocycles. The van der Waals surface area contributed by atoms with Crippen molar-refractivity contribution < 1.29 is 24.2 Å². The molecule has 0 fully saturated rings. The molecule has 5 nitrogen and oxygen atoms in total. The van der Waals surface area contributed by atoms with Gasteiger partial charge in [-0.05, 0) is 24.7 Å². The zero-order valence-electron chi connectivity index (χ0n) is 31.4. The smallest absolute Gasteiger partial charge is 0.306 e. The second-order valence-electron chi connectivity index (χ2n) is 15.0. The number of ether oxygens (including phenoxy) is 2. The van der Waals surface area contributed by atoms with Crippen molar-refractivity contribution in [3.05, 3.63) is 0 Å². The molecule has 0 bridgehead atoms. The van der Waals surface area contributed by atoms with Crippen LogP contribution in [0, 0.1) is 11.8 Å². The van der Waals surface area contributed by atoms with E-state index in [0.717, 1.165) is 43.9 Å². The highest BCUT2D eigenvalue weighted by Gasteiger charge is 2.16. The average Bonchev–Trinajstić information content (AvgIpc) is 3.02. The van der Waals surface area contributed by atoms with Crippen LogP contribution in [0.25, 0.3) is 0 Å². The van der Waals surface area contributed by atoms with Gasteiger partial charge in [0.2, 0.25) is 0 Å². The van der Waals surface area contributed by atoms with Crippen LogP contribution in [0.4, 0.5) is 0 Å². The molecule has 0 aromatic rings. The first-order chi connectivity index (χ1) is 22.3. The van der Waals surface area contributed by atoms with E-state index in [1.54, 1.807) is 0 Å². The van der Waals surface area contributed by atoms with E-state index >= 15 is 0 Å². The summed E-state index contributed by atoms with van der Waals surface area (Å²) in [4.78, 5) is 24.2. The van der Waals surface area contributed by atoms with E-state index in [1.807, 2.05) is 0 Å². The second-order valence-corrected chi connectivity index (χ2v) is 15.0. The van der Waals surface area contributed by atoms with E-state index in [0.29, 0.717) is 12.8 Å². The molecule has 274 valence electrons. The summed E-state index contributed by atoms with van der Waals surface area (Å²) < 4.78 is 10.6. The van der Waals surface area contributed by atoms with Crippen molar-refractivity contribution in [1.29, 1.82) is 0 Å². The maximum absolute atomic E-state index is 12.1. The highest BCUT2D eigenvalue weighted by molar-refractivity contribution is 5.70. The topological polar surface area (TPSA) is 72.8 Å². The zero-order chi connectivity index (χ0) is 33.9. The van der Waals surface area contributed by atoms with E-state index in [9.17, 15) is 14.7 Å². The first kappa shape index (κ1) is 44.9. The van der Waals surface area contributed by atoms with Crippen molar-refractivity contribution in [2.75, 3.05) is 13.2 Å². The van der Waals surface area contributed by atoms with Gasteiger partial charge in [-0.3, -0.25) is 9.59 Å². The molecule has 0 aliphatic heterocycles. The molecule has 46 heavy (non-hydrogen) atoms. The first-order valence-electron chi connectivity index (χ1n) is 20.3. The zero-order valence-corrected chi connectivity index (χ0v) is 31.4. The quantitative estimate of drug-likeness (QED) is 0.0538. The van der Waals surface area contributed by atoms with Gasteiger partial charge in [-0.1, -0.05) is 195 Å². The molecule has 0 unspecified atom stereocenters. The van der Waals surface area contributed by atoms with Crippen LogP contribution in [0.1, 0.15) is 220 Å². The van der Waals surface area contributed by atoms with Crippen LogP contribution in [0.3, 0.4) is 0 Å². The minimum absolute atomic E-state index is 0.0585. The Labute approximate surface area is 287 Å². The van der Waals surface area contributed by atoms with Gasteiger partial charge in [-0.2, -0.15) is 0 Å². The van der Waals surface area contributed by atoms with Crippen molar-refractivity contribution in [3.8, 4) is 0 Å². The summed E-state index contributed by atoms with van der Waals surface area (Å²) in [5.41, 5.74) is 0. The standard InChI is InChI=1S/C41H80O5/c1-37(2)31-27-23-19-15-11-9-7-5-6-8-10-12-17-21-25-29-33-40(43)45-36-39(35-42)46-41(44)34-30-26-22-18-14-13-16-20-24-28-32-38(3)4/h37-39,42H,5-36H2,1-4H3/t39-/m0/s1. The third-order valence-corrected chi connectivity index (χ3v) is 9.26. The van der Waals surface area contributed by atoms with Gasteiger partial charge in [0.25, 0.3) is 0 Å². The molecule has 5 heteroatoms. The SMILES string of the molecule is CC(C)CCCCCCCCCCCCCCCCCCC(=O)OC[C@H](CO)OC(=O)CCCCCCCCCCCCC(C)C. The van der Waals surface area contributed by atoms with Crippen LogP contribution in [-0.2, 0) is 19.1 Å². The molecular formula is C41H80O5. The predicted molar refractivity (Wildman–Crippen MR) is 196 cm³/mol. The number of unbranched alkanes of at least 4 members (excludes halogenated alkanes) is 24. The van der Waals surface area contributed by atoms with E-state index < -0.39 is 6.10 Å². The Morgan fingerprint density at radius 2 is 0.717 bits per heavy atom. The summed E-state index contributed by atoms with van der Waals surface area (Å²) in [5.74, 6) is 1.11. The molecule has 0 aliphatic rings. The Balaban J connectivity index is 3.48. The van der Waals surface area contributed by atoms with Crippen LogP contribution >= 0.6 is 0 Å². The first-order valence-corrected chi connectivity index (χ1v) is 20.3. The Morgan fingerprint density at radius 3 is 1.02 bits per heavy atom. The Hall–Kier alpha value is -1.10. The average molecular weight is 653 g/mol. The van der Waals surface area contributed by atoms with Gasteiger partial charge in [0.15, 0.2) is 6.10 Å². The van der Waals surface area contributed by atoms with Crippen LogP contribution in [0.15, 0.2) is 0 Å².